The van der Waals surface area contributed by atoms with Gasteiger partial charge in [-0.2, -0.15) is 0 Å². The van der Waals surface area contributed by atoms with Gasteiger partial charge in [0.15, 0.2) is 0 Å². The first-order valence-electron chi connectivity index (χ1n) is 9.58. The molecule has 3 aromatic rings. The van der Waals surface area contributed by atoms with Crippen molar-refractivity contribution in [3.63, 3.8) is 0 Å². The van der Waals surface area contributed by atoms with E-state index in [-0.39, 0.29) is 24.2 Å². The molecule has 0 aliphatic carbocycles. The van der Waals surface area contributed by atoms with Crippen molar-refractivity contribution in [3.8, 4) is 0 Å². The summed E-state index contributed by atoms with van der Waals surface area (Å²) < 4.78 is 13.1. The lowest BCUT2D eigenvalue weighted by molar-refractivity contribution is -0.115. The van der Waals surface area contributed by atoms with Crippen molar-refractivity contribution < 1.29 is 9.18 Å². The summed E-state index contributed by atoms with van der Waals surface area (Å²) >= 11 is 1.50. The monoisotopic (exact) mass is 411 g/mol. The van der Waals surface area contributed by atoms with E-state index >= 15 is 0 Å². The van der Waals surface area contributed by atoms with Gasteiger partial charge < -0.3 is 5.32 Å². The molecular weight excluding hydrogens is 385 g/mol. The lowest BCUT2D eigenvalue weighted by atomic mass is 10.1. The number of rotatable bonds is 7. The van der Waals surface area contributed by atoms with Gasteiger partial charge in [-0.15, -0.1) is 11.3 Å². The van der Waals surface area contributed by atoms with Gasteiger partial charge in [0.25, 0.3) is 0 Å². The number of carbonyl (C=O) groups excluding carboxylic acids is 1. The van der Waals surface area contributed by atoms with Crippen LogP contribution in [0.1, 0.15) is 40.4 Å². The normalized spacial score (nSPS) is 12.2. The lowest BCUT2D eigenvalue weighted by Crippen LogP contribution is -2.22. The minimum Gasteiger partial charge on any atom is -0.325 e. The van der Waals surface area contributed by atoms with Crippen LogP contribution in [0, 0.1) is 19.7 Å². The standard InChI is InChI=1S/C23H26FN3OS/c1-15-5-6-16(2)21(11-15)26-22(28)12-23-25-20(14-29-23)13-27(4)17(3)18-7-9-19(24)10-8-18/h5-11,14,17H,12-13H2,1-4H3,(H,26,28). The van der Waals surface area contributed by atoms with Crippen LogP contribution in [0.15, 0.2) is 47.8 Å². The summed E-state index contributed by atoms with van der Waals surface area (Å²) in [6, 6.07) is 12.7. The Morgan fingerprint density at radius 2 is 1.93 bits per heavy atom. The average molecular weight is 412 g/mol. The van der Waals surface area contributed by atoms with Crippen LogP contribution in [-0.4, -0.2) is 22.8 Å². The summed E-state index contributed by atoms with van der Waals surface area (Å²) in [5, 5.41) is 5.77. The number of carbonyl (C=O) groups is 1. The van der Waals surface area contributed by atoms with Gasteiger partial charge in [0.2, 0.25) is 5.91 Å². The van der Waals surface area contributed by atoms with Crippen LogP contribution in [0.4, 0.5) is 10.1 Å². The molecule has 0 fully saturated rings. The van der Waals surface area contributed by atoms with Crippen molar-refractivity contribution in [1.29, 1.82) is 0 Å². The van der Waals surface area contributed by atoms with Crippen LogP contribution in [-0.2, 0) is 17.8 Å². The number of hydrogen-bond acceptors (Lipinski definition) is 4. The van der Waals surface area contributed by atoms with Gasteiger partial charge >= 0.3 is 0 Å². The molecule has 6 heteroatoms. The van der Waals surface area contributed by atoms with Crippen molar-refractivity contribution in [2.75, 3.05) is 12.4 Å². The first-order valence-corrected chi connectivity index (χ1v) is 10.5. The molecule has 1 atom stereocenters. The van der Waals surface area contributed by atoms with Crippen molar-refractivity contribution in [2.24, 2.45) is 0 Å². The molecule has 2 aromatic carbocycles. The number of aromatic nitrogens is 1. The highest BCUT2D eigenvalue weighted by atomic mass is 32.1. The molecule has 1 heterocycles. The number of thiazole rings is 1. The third-order valence-electron chi connectivity index (χ3n) is 5.00. The molecule has 1 aromatic heterocycles. The van der Waals surface area contributed by atoms with Crippen molar-refractivity contribution in [3.05, 3.63) is 81.1 Å². The fraction of sp³-hybridized carbons (Fsp3) is 0.304. The quantitative estimate of drug-likeness (QED) is 0.576. The molecule has 0 saturated heterocycles. The summed E-state index contributed by atoms with van der Waals surface area (Å²) in [7, 11) is 2.01. The maximum absolute atomic E-state index is 13.1. The van der Waals surface area contributed by atoms with E-state index in [1.807, 2.05) is 44.5 Å². The van der Waals surface area contributed by atoms with E-state index in [4.69, 9.17) is 0 Å². The molecule has 4 nitrogen and oxygen atoms in total. The van der Waals surface area contributed by atoms with E-state index in [0.717, 1.165) is 33.1 Å². The molecule has 29 heavy (non-hydrogen) atoms. The molecule has 1 unspecified atom stereocenters. The Morgan fingerprint density at radius 1 is 1.21 bits per heavy atom. The van der Waals surface area contributed by atoms with Gasteiger partial charge in [0, 0.05) is 23.7 Å². The Kier molecular flexibility index (Phi) is 6.77. The summed E-state index contributed by atoms with van der Waals surface area (Å²) in [4.78, 5) is 19.2. The highest BCUT2D eigenvalue weighted by Crippen LogP contribution is 2.22. The predicted molar refractivity (Wildman–Crippen MR) is 117 cm³/mol. The van der Waals surface area contributed by atoms with Crippen molar-refractivity contribution in [2.45, 2.75) is 39.8 Å². The molecule has 3 rings (SSSR count). The third-order valence-corrected chi connectivity index (χ3v) is 5.90. The van der Waals surface area contributed by atoms with Crippen LogP contribution in [0.25, 0.3) is 0 Å². The third kappa shape index (κ3) is 5.71. The summed E-state index contributed by atoms with van der Waals surface area (Å²) in [5.41, 5.74) is 4.99. The fourth-order valence-electron chi connectivity index (χ4n) is 3.09. The largest absolute Gasteiger partial charge is 0.325 e. The number of benzene rings is 2. The minimum absolute atomic E-state index is 0.0624. The molecule has 0 spiro atoms. The number of nitrogens with one attached hydrogen (secondary N) is 1. The molecule has 0 aliphatic heterocycles. The lowest BCUT2D eigenvalue weighted by Gasteiger charge is -2.24. The first kappa shape index (κ1) is 21.1. The molecular formula is C23H26FN3OS. The number of halogens is 1. The van der Waals surface area contributed by atoms with E-state index in [2.05, 4.69) is 22.1 Å². The molecule has 0 aliphatic rings. The highest BCUT2D eigenvalue weighted by Gasteiger charge is 2.15. The number of hydrogen-bond donors (Lipinski definition) is 1. The molecule has 0 radical (unpaired) electrons. The van der Waals surface area contributed by atoms with E-state index in [0.29, 0.717) is 6.54 Å². The zero-order valence-corrected chi connectivity index (χ0v) is 18.0. The summed E-state index contributed by atoms with van der Waals surface area (Å²) in [5.74, 6) is -0.292. The average Bonchev–Trinajstić information content (AvgIpc) is 3.11. The second-order valence-corrected chi connectivity index (χ2v) is 8.36. The van der Waals surface area contributed by atoms with Gasteiger partial charge in [0.05, 0.1) is 12.1 Å². The first-order chi connectivity index (χ1) is 13.8. The van der Waals surface area contributed by atoms with Crippen molar-refractivity contribution in [1.82, 2.24) is 9.88 Å². The zero-order chi connectivity index (χ0) is 21.0. The highest BCUT2D eigenvalue weighted by molar-refractivity contribution is 7.09. The van der Waals surface area contributed by atoms with E-state index in [9.17, 15) is 9.18 Å². The van der Waals surface area contributed by atoms with Crippen LogP contribution < -0.4 is 5.32 Å². The topological polar surface area (TPSA) is 45.2 Å². The van der Waals surface area contributed by atoms with Gasteiger partial charge in [-0.25, -0.2) is 9.37 Å². The van der Waals surface area contributed by atoms with Gasteiger partial charge in [-0.05, 0) is 62.7 Å². The number of amides is 1. The van der Waals surface area contributed by atoms with Gasteiger partial charge in [-0.3, -0.25) is 9.69 Å². The predicted octanol–water partition coefficient (Wildman–Crippen LogP) is 5.27. The number of anilines is 1. The van der Waals surface area contributed by atoms with Crippen LogP contribution in [0.3, 0.4) is 0 Å². The number of nitrogens with zero attached hydrogens (tertiary/aromatic N) is 2. The van der Waals surface area contributed by atoms with Gasteiger partial charge in [-0.1, -0.05) is 24.3 Å². The molecule has 0 saturated carbocycles. The molecule has 152 valence electrons. The molecule has 1 N–H and O–H groups in total. The maximum Gasteiger partial charge on any atom is 0.231 e. The summed E-state index contributed by atoms with van der Waals surface area (Å²) in [6.45, 7) is 6.73. The Bertz CT molecular complexity index is 984. The smallest absolute Gasteiger partial charge is 0.231 e. The molecule has 1 amide bonds. The van der Waals surface area contributed by atoms with Crippen LogP contribution in [0.5, 0.6) is 0 Å². The van der Waals surface area contributed by atoms with Crippen molar-refractivity contribution >= 4 is 22.9 Å². The Morgan fingerprint density at radius 3 is 2.66 bits per heavy atom. The van der Waals surface area contributed by atoms with E-state index in [1.165, 1.54) is 23.5 Å². The number of aryl methyl sites for hydroxylation is 2. The summed E-state index contributed by atoms with van der Waals surface area (Å²) in [6.07, 6.45) is 0.259. The fourth-order valence-corrected chi connectivity index (χ4v) is 3.88. The SMILES string of the molecule is Cc1ccc(C)c(NC(=O)Cc2nc(CN(C)C(C)c3ccc(F)cc3)cs2)c1. The Balaban J connectivity index is 1.58. The molecule has 0 bridgehead atoms. The zero-order valence-electron chi connectivity index (χ0n) is 17.2. The second-order valence-electron chi connectivity index (χ2n) is 7.42. The van der Waals surface area contributed by atoms with Crippen LogP contribution >= 0.6 is 11.3 Å². The minimum atomic E-state index is -0.230. The second kappa shape index (κ2) is 9.29. The van der Waals surface area contributed by atoms with Gasteiger partial charge in [0.1, 0.15) is 10.8 Å². The maximum atomic E-state index is 13.1. The Labute approximate surface area is 175 Å². The Hall–Kier alpha value is -2.57. The van der Waals surface area contributed by atoms with Crippen LogP contribution in [0.2, 0.25) is 0 Å². The van der Waals surface area contributed by atoms with E-state index in [1.54, 1.807) is 12.1 Å². The van der Waals surface area contributed by atoms with E-state index < -0.39 is 0 Å².